The first-order valence-electron chi connectivity index (χ1n) is 9.33. The molecule has 164 valence electrons. The summed E-state index contributed by atoms with van der Waals surface area (Å²) in [4.78, 5) is 32.7. The Hall–Kier alpha value is -5.04. The van der Waals surface area contributed by atoms with Crippen LogP contribution in [-0.4, -0.2) is 22.9 Å². The summed E-state index contributed by atoms with van der Waals surface area (Å²) in [6.07, 6.45) is 1.63. The second kappa shape index (κ2) is 9.84. The van der Waals surface area contributed by atoms with E-state index in [2.05, 4.69) is 6.07 Å². The highest BCUT2D eigenvalue weighted by molar-refractivity contribution is 5.93. The number of benzene rings is 3. The van der Waals surface area contributed by atoms with Crippen molar-refractivity contribution in [1.29, 1.82) is 5.26 Å². The van der Waals surface area contributed by atoms with Crippen LogP contribution in [0, 0.1) is 31.6 Å². The van der Waals surface area contributed by atoms with Gasteiger partial charge in [-0.2, -0.15) is 5.26 Å². The zero-order valence-corrected chi connectivity index (χ0v) is 17.1. The van der Waals surface area contributed by atoms with Gasteiger partial charge in [0.2, 0.25) is 0 Å². The molecule has 10 heteroatoms. The maximum absolute atomic E-state index is 12.4. The maximum Gasteiger partial charge on any atom is 0.344 e. The Bertz CT molecular complexity index is 1280. The second-order valence-corrected chi connectivity index (χ2v) is 6.58. The highest BCUT2D eigenvalue weighted by Gasteiger charge is 2.21. The number of non-ortho nitro benzene ring substituents is 2. The molecule has 0 amide bonds. The highest BCUT2D eigenvalue weighted by Crippen LogP contribution is 2.28. The van der Waals surface area contributed by atoms with Crippen LogP contribution in [-0.2, 0) is 0 Å². The molecule has 3 aromatic rings. The molecule has 0 aliphatic carbocycles. The van der Waals surface area contributed by atoms with E-state index in [1.807, 2.05) is 0 Å². The van der Waals surface area contributed by atoms with Gasteiger partial charge >= 0.3 is 5.97 Å². The Morgan fingerprint density at radius 2 is 1.58 bits per heavy atom. The van der Waals surface area contributed by atoms with Crippen molar-refractivity contribution in [3.05, 3.63) is 104 Å². The fourth-order valence-electron chi connectivity index (χ4n) is 2.93. The summed E-state index contributed by atoms with van der Waals surface area (Å²) >= 11 is 0. The van der Waals surface area contributed by atoms with Gasteiger partial charge in [0, 0.05) is 17.7 Å². The van der Waals surface area contributed by atoms with E-state index in [1.54, 1.807) is 42.5 Å². The van der Waals surface area contributed by atoms with Crippen LogP contribution in [0.3, 0.4) is 0 Å². The van der Waals surface area contributed by atoms with E-state index in [0.29, 0.717) is 22.4 Å². The van der Waals surface area contributed by atoms with Crippen molar-refractivity contribution in [2.45, 2.75) is 0 Å². The number of nitro groups is 2. The summed E-state index contributed by atoms with van der Waals surface area (Å²) in [6.45, 7) is 0. The maximum atomic E-state index is 12.4. The van der Waals surface area contributed by atoms with Crippen LogP contribution in [0.1, 0.15) is 21.5 Å². The van der Waals surface area contributed by atoms with Crippen molar-refractivity contribution in [2.24, 2.45) is 0 Å². The van der Waals surface area contributed by atoms with Crippen LogP contribution >= 0.6 is 0 Å². The molecular formula is C23H15N3O7. The van der Waals surface area contributed by atoms with Gasteiger partial charge in [0.25, 0.3) is 11.4 Å². The number of carbonyl (C=O) groups is 1. The lowest BCUT2D eigenvalue weighted by atomic mass is 10.0. The van der Waals surface area contributed by atoms with Gasteiger partial charge < -0.3 is 9.47 Å². The summed E-state index contributed by atoms with van der Waals surface area (Å²) in [7, 11) is 1.51. The minimum Gasteiger partial charge on any atom is -0.496 e. The molecule has 0 saturated carbocycles. The van der Waals surface area contributed by atoms with Crippen molar-refractivity contribution in [3.8, 4) is 17.6 Å². The number of rotatable bonds is 7. The number of para-hydroxylation sites is 1. The third-order valence-corrected chi connectivity index (χ3v) is 4.48. The van der Waals surface area contributed by atoms with Gasteiger partial charge in [-0.25, -0.2) is 4.79 Å². The molecular weight excluding hydrogens is 430 g/mol. The average molecular weight is 445 g/mol. The van der Waals surface area contributed by atoms with Crippen molar-refractivity contribution in [3.63, 3.8) is 0 Å². The molecule has 0 N–H and O–H groups in total. The van der Waals surface area contributed by atoms with Gasteiger partial charge in [-0.15, -0.1) is 0 Å². The van der Waals surface area contributed by atoms with Crippen molar-refractivity contribution >= 4 is 29.0 Å². The molecule has 0 aromatic heterocycles. The molecule has 0 spiro atoms. The number of methoxy groups -OCH3 is 1. The van der Waals surface area contributed by atoms with E-state index in [0.717, 1.165) is 18.2 Å². The first-order valence-corrected chi connectivity index (χ1v) is 9.33. The van der Waals surface area contributed by atoms with Gasteiger partial charge in [0.05, 0.1) is 40.2 Å². The van der Waals surface area contributed by atoms with Crippen LogP contribution in [0.25, 0.3) is 11.6 Å². The molecule has 0 fully saturated rings. The normalized spacial score (nSPS) is 10.7. The van der Waals surface area contributed by atoms with Crippen LogP contribution in [0.4, 0.5) is 11.4 Å². The van der Waals surface area contributed by atoms with E-state index >= 15 is 0 Å². The predicted octanol–water partition coefficient (Wildman–Crippen LogP) is 4.79. The number of nitro benzene ring substituents is 2. The van der Waals surface area contributed by atoms with E-state index in [1.165, 1.54) is 19.2 Å². The molecule has 10 nitrogen and oxygen atoms in total. The molecule has 0 heterocycles. The molecule has 0 saturated heterocycles. The Morgan fingerprint density at radius 3 is 2.12 bits per heavy atom. The molecule has 0 unspecified atom stereocenters. The first-order chi connectivity index (χ1) is 15.8. The minimum absolute atomic E-state index is 0.113. The number of carbonyl (C=O) groups excluding carboxylic acids is 1. The Kier molecular flexibility index (Phi) is 6.75. The van der Waals surface area contributed by atoms with Crippen LogP contribution in [0.2, 0.25) is 0 Å². The lowest BCUT2D eigenvalue weighted by Crippen LogP contribution is -2.09. The molecule has 3 aromatic carbocycles. The summed E-state index contributed by atoms with van der Waals surface area (Å²) in [5.74, 6) is -0.333. The van der Waals surface area contributed by atoms with Crippen LogP contribution in [0.5, 0.6) is 11.5 Å². The molecule has 3 rings (SSSR count). The van der Waals surface area contributed by atoms with E-state index in [4.69, 9.17) is 9.47 Å². The molecule has 0 aliphatic heterocycles. The molecule has 0 radical (unpaired) electrons. The molecule has 0 atom stereocenters. The number of nitrogens with zero attached hydrogens (tertiary/aromatic N) is 3. The number of esters is 1. The first kappa shape index (κ1) is 22.6. The Morgan fingerprint density at radius 1 is 0.970 bits per heavy atom. The number of allylic oxidation sites excluding steroid dienone is 1. The average Bonchev–Trinajstić information content (AvgIpc) is 2.83. The lowest BCUT2D eigenvalue weighted by molar-refractivity contribution is -0.394. The zero-order valence-electron chi connectivity index (χ0n) is 17.1. The summed E-state index contributed by atoms with van der Waals surface area (Å²) < 4.78 is 10.5. The summed E-state index contributed by atoms with van der Waals surface area (Å²) in [5, 5.41) is 31.5. The van der Waals surface area contributed by atoms with Crippen LogP contribution < -0.4 is 9.47 Å². The predicted molar refractivity (Wildman–Crippen MR) is 118 cm³/mol. The van der Waals surface area contributed by atoms with E-state index in [9.17, 15) is 30.3 Å². The molecule has 0 bridgehead atoms. The second-order valence-electron chi connectivity index (χ2n) is 6.58. The SMILES string of the molecule is COc1ccccc1/C(C#N)=C\c1ccc(OC(=O)c2cc([N+](=O)[O-])cc([N+](=O)[O-])c2)cc1. The summed E-state index contributed by atoms with van der Waals surface area (Å²) in [5.41, 5.74) is 0.0893. The largest absolute Gasteiger partial charge is 0.496 e. The number of hydrogen-bond donors (Lipinski definition) is 0. The third-order valence-electron chi connectivity index (χ3n) is 4.48. The fraction of sp³-hybridized carbons (Fsp3) is 0.0435. The standard InChI is InChI=1S/C23H15N3O7/c1-32-22-5-3-2-4-21(22)17(14-24)10-15-6-8-20(9-7-15)33-23(27)16-11-18(25(28)29)13-19(12-16)26(30)31/h2-13H,1H3/b17-10-. The monoisotopic (exact) mass is 445 g/mol. The fourth-order valence-corrected chi connectivity index (χ4v) is 2.93. The van der Waals surface area contributed by atoms with E-state index < -0.39 is 27.2 Å². The van der Waals surface area contributed by atoms with Crippen molar-refractivity contribution in [1.82, 2.24) is 0 Å². The van der Waals surface area contributed by atoms with E-state index in [-0.39, 0.29) is 11.3 Å². The van der Waals surface area contributed by atoms with Gasteiger partial charge in [0.15, 0.2) is 0 Å². The quantitative estimate of drug-likeness (QED) is 0.126. The van der Waals surface area contributed by atoms with Crippen LogP contribution in [0.15, 0.2) is 66.7 Å². The van der Waals surface area contributed by atoms with Crippen molar-refractivity contribution < 1.29 is 24.1 Å². The number of nitriles is 1. The summed E-state index contributed by atoms with van der Waals surface area (Å²) in [6, 6.07) is 17.9. The number of ether oxygens (including phenoxy) is 2. The van der Waals surface area contributed by atoms with Gasteiger partial charge in [-0.3, -0.25) is 20.2 Å². The zero-order chi connectivity index (χ0) is 24.0. The minimum atomic E-state index is -0.989. The smallest absolute Gasteiger partial charge is 0.344 e. The van der Waals surface area contributed by atoms with Gasteiger partial charge in [-0.05, 0) is 35.9 Å². The molecule has 33 heavy (non-hydrogen) atoms. The number of hydrogen-bond acceptors (Lipinski definition) is 8. The Labute approximate surface area is 187 Å². The van der Waals surface area contributed by atoms with Gasteiger partial charge in [-0.1, -0.05) is 24.3 Å². The molecule has 0 aliphatic rings. The highest BCUT2D eigenvalue weighted by atomic mass is 16.6. The Balaban J connectivity index is 1.83. The lowest BCUT2D eigenvalue weighted by Gasteiger charge is -2.07. The van der Waals surface area contributed by atoms with Crippen molar-refractivity contribution in [2.75, 3.05) is 7.11 Å². The topological polar surface area (TPSA) is 146 Å². The third kappa shape index (κ3) is 5.36. The van der Waals surface area contributed by atoms with Gasteiger partial charge in [0.1, 0.15) is 11.5 Å².